The van der Waals surface area contributed by atoms with Crippen molar-refractivity contribution in [2.24, 2.45) is 5.73 Å². The smallest absolute Gasteiger partial charge is 0.331 e. The summed E-state index contributed by atoms with van der Waals surface area (Å²) < 4.78 is 0. The Morgan fingerprint density at radius 1 is 1.31 bits per heavy atom. The van der Waals surface area contributed by atoms with E-state index in [-0.39, 0.29) is 0 Å². The summed E-state index contributed by atoms with van der Waals surface area (Å²) in [5.74, 6) is -0.785. The largest absolute Gasteiger partial charge is 0.478 e. The topological polar surface area (TPSA) is 63.3 Å². The number of aliphatic carboxylic acids is 1. The van der Waals surface area contributed by atoms with Crippen molar-refractivity contribution >= 4 is 5.97 Å². The van der Waals surface area contributed by atoms with Crippen LogP contribution in [0.15, 0.2) is 11.1 Å². The number of carbonyl (C=O) groups is 1. The monoisotopic (exact) mass is 185 g/mol. The molecule has 0 spiro atoms. The lowest BCUT2D eigenvalue weighted by Gasteiger charge is -2.08. The van der Waals surface area contributed by atoms with Gasteiger partial charge in [0.05, 0.1) is 0 Å². The van der Waals surface area contributed by atoms with Gasteiger partial charge in [-0.15, -0.1) is 0 Å². The fraction of sp³-hybridized carbons (Fsp3) is 0.700. The Morgan fingerprint density at radius 3 is 2.23 bits per heavy atom. The number of carboxylic acids is 1. The first kappa shape index (κ1) is 12.2. The first-order valence-electron chi connectivity index (χ1n) is 4.81. The highest BCUT2D eigenvalue weighted by Crippen LogP contribution is 2.17. The van der Waals surface area contributed by atoms with E-state index in [4.69, 9.17) is 10.8 Å². The van der Waals surface area contributed by atoms with Gasteiger partial charge in [0, 0.05) is 5.57 Å². The predicted molar refractivity (Wildman–Crippen MR) is 53.5 cm³/mol. The Kier molecular flexibility index (Phi) is 6.24. The lowest BCUT2D eigenvalue weighted by molar-refractivity contribution is -0.132. The number of nitrogens with two attached hydrogens (primary N) is 1. The Balaban J connectivity index is 4.66. The fourth-order valence-electron chi connectivity index (χ4n) is 1.40. The SMILES string of the molecule is CCCC(C(=O)O)=C(CC)CCN. The van der Waals surface area contributed by atoms with Crippen LogP contribution in [0.1, 0.15) is 39.5 Å². The van der Waals surface area contributed by atoms with Crippen molar-refractivity contribution in [1.82, 2.24) is 0 Å². The Hall–Kier alpha value is -0.830. The molecule has 3 N–H and O–H groups in total. The molecule has 0 saturated carbocycles. The maximum atomic E-state index is 10.9. The van der Waals surface area contributed by atoms with Crippen LogP contribution >= 0.6 is 0 Å². The van der Waals surface area contributed by atoms with Gasteiger partial charge in [0.2, 0.25) is 0 Å². The number of hydrogen-bond donors (Lipinski definition) is 2. The summed E-state index contributed by atoms with van der Waals surface area (Å²) in [6.07, 6.45) is 3.02. The summed E-state index contributed by atoms with van der Waals surface area (Å²) in [5, 5.41) is 8.93. The lowest BCUT2D eigenvalue weighted by Crippen LogP contribution is -2.08. The van der Waals surface area contributed by atoms with Crippen LogP contribution in [0, 0.1) is 0 Å². The molecule has 0 atom stereocenters. The molecule has 0 rings (SSSR count). The van der Waals surface area contributed by atoms with Crippen molar-refractivity contribution in [1.29, 1.82) is 0 Å². The molecule has 0 amide bonds. The van der Waals surface area contributed by atoms with Crippen LogP contribution in [0.4, 0.5) is 0 Å². The maximum absolute atomic E-state index is 10.9. The zero-order chi connectivity index (χ0) is 10.3. The zero-order valence-electron chi connectivity index (χ0n) is 8.47. The van der Waals surface area contributed by atoms with Crippen molar-refractivity contribution in [3.8, 4) is 0 Å². The first-order chi connectivity index (χ1) is 6.17. The normalized spacial score (nSPS) is 12.5. The van der Waals surface area contributed by atoms with Crippen LogP contribution in [0.25, 0.3) is 0 Å². The minimum Gasteiger partial charge on any atom is -0.478 e. The molecule has 0 radical (unpaired) electrons. The molecule has 3 nitrogen and oxygen atoms in total. The molecule has 3 heteroatoms. The first-order valence-corrected chi connectivity index (χ1v) is 4.81. The summed E-state index contributed by atoms with van der Waals surface area (Å²) in [6, 6.07) is 0. The summed E-state index contributed by atoms with van der Waals surface area (Å²) in [7, 11) is 0. The van der Waals surface area contributed by atoms with Gasteiger partial charge in [-0.2, -0.15) is 0 Å². The Bertz CT molecular complexity index is 197. The maximum Gasteiger partial charge on any atom is 0.331 e. The molecule has 0 fully saturated rings. The molecule has 0 saturated heterocycles. The average Bonchev–Trinajstić information content (AvgIpc) is 2.10. The second kappa shape index (κ2) is 6.66. The zero-order valence-corrected chi connectivity index (χ0v) is 8.47. The van der Waals surface area contributed by atoms with Gasteiger partial charge < -0.3 is 10.8 Å². The van der Waals surface area contributed by atoms with E-state index in [1.807, 2.05) is 13.8 Å². The van der Waals surface area contributed by atoms with Crippen molar-refractivity contribution in [2.45, 2.75) is 39.5 Å². The van der Waals surface area contributed by atoms with Crippen molar-refractivity contribution in [2.75, 3.05) is 6.54 Å². The number of carboxylic acid groups (broad SMARTS) is 1. The van der Waals surface area contributed by atoms with Gasteiger partial charge in [0.15, 0.2) is 0 Å². The molecule has 0 bridgehead atoms. The van der Waals surface area contributed by atoms with Gasteiger partial charge >= 0.3 is 5.97 Å². The molecule has 0 aromatic rings. The van der Waals surface area contributed by atoms with Crippen LogP contribution in [-0.4, -0.2) is 17.6 Å². The van der Waals surface area contributed by atoms with Crippen molar-refractivity contribution in [3.05, 3.63) is 11.1 Å². The molecule has 76 valence electrons. The van der Waals surface area contributed by atoms with Gasteiger partial charge in [0.1, 0.15) is 0 Å². The predicted octanol–water partition coefficient (Wildman–Crippen LogP) is 1.93. The van der Waals surface area contributed by atoms with Crippen LogP contribution < -0.4 is 5.73 Å². The highest BCUT2D eigenvalue weighted by molar-refractivity contribution is 5.87. The molecule has 0 unspecified atom stereocenters. The third-order valence-electron chi connectivity index (χ3n) is 2.06. The molecular weight excluding hydrogens is 166 g/mol. The third-order valence-corrected chi connectivity index (χ3v) is 2.06. The summed E-state index contributed by atoms with van der Waals surface area (Å²) in [6.45, 7) is 4.49. The van der Waals surface area contributed by atoms with Crippen molar-refractivity contribution in [3.63, 3.8) is 0 Å². The molecule has 0 aromatic carbocycles. The highest BCUT2D eigenvalue weighted by atomic mass is 16.4. The minimum atomic E-state index is -0.785. The molecular formula is C10H19NO2. The average molecular weight is 185 g/mol. The third kappa shape index (κ3) is 4.08. The van der Waals surface area contributed by atoms with Gasteiger partial charge in [-0.05, 0) is 25.8 Å². The fourth-order valence-corrected chi connectivity index (χ4v) is 1.40. The number of rotatable bonds is 6. The molecule has 13 heavy (non-hydrogen) atoms. The molecule has 0 aliphatic heterocycles. The van der Waals surface area contributed by atoms with Gasteiger partial charge in [-0.3, -0.25) is 0 Å². The van der Waals surface area contributed by atoms with Gasteiger partial charge in [0.25, 0.3) is 0 Å². The van der Waals surface area contributed by atoms with E-state index in [9.17, 15) is 4.79 Å². The van der Waals surface area contributed by atoms with E-state index in [0.29, 0.717) is 25.0 Å². The van der Waals surface area contributed by atoms with E-state index in [2.05, 4.69) is 0 Å². The second-order valence-corrected chi connectivity index (χ2v) is 3.03. The van der Waals surface area contributed by atoms with E-state index in [1.54, 1.807) is 0 Å². The van der Waals surface area contributed by atoms with Crippen LogP contribution in [-0.2, 0) is 4.79 Å². The molecule has 0 aliphatic carbocycles. The standard InChI is InChI=1S/C10H19NO2/c1-3-5-9(10(12)13)8(4-2)6-7-11/h3-7,11H2,1-2H3,(H,12,13). The van der Waals surface area contributed by atoms with Gasteiger partial charge in [-0.25, -0.2) is 4.79 Å². The quantitative estimate of drug-likeness (QED) is 0.621. The van der Waals surface area contributed by atoms with E-state index >= 15 is 0 Å². The van der Waals surface area contributed by atoms with E-state index in [1.165, 1.54) is 0 Å². The Labute approximate surface area is 79.6 Å². The minimum absolute atomic E-state index is 0.531. The van der Waals surface area contributed by atoms with E-state index in [0.717, 1.165) is 18.4 Å². The Morgan fingerprint density at radius 2 is 1.92 bits per heavy atom. The van der Waals surface area contributed by atoms with Crippen LogP contribution in [0.3, 0.4) is 0 Å². The van der Waals surface area contributed by atoms with E-state index < -0.39 is 5.97 Å². The highest BCUT2D eigenvalue weighted by Gasteiger charge is 2.11. The summed E-state index contributed by atoms with van der Waals surface area (Å²) in [4.78, 5) is 10.9. The molecule has 0 aliphatic rings. The summed E-state index contributed by atoms with van der Waals surface area (Å²) >= 11 is 0. The number of hydrogen-bond acceptors (Lipinski definition) is 2. The van der Waals surface area contributed by atoms with Crippen LogP contribution in [0.5, 0.6) is 0 Å². The second-order valence-electron chi connectivity index (χ2n) is 3.03. The van der Waals surface area contributed by atoms with Gasteiger partial charge in [-0.1, -0.05) is 25.8 Å². The van der Waals surface area contributed by atoms with Crippen molar-refractivity contribution < 1.29 is 9.90 Å². The summed E-state index contributed by atoms with van der Waals surface area (Å²) in [5.41, 5.74) is 6.97. The lowest BCUT2D eigenvalue weighted by atomic mass is 9.99. The molecule has 0 heterocycles. The van der Waals surface area contributed by atoms with Crippen LogP contribution in [0.2, 0.25) is 0 Å². The molecule has 0 aromatic heterocycles.